The smallest absolute Gasteiger partial charge is 0.267 e. The van der Waals surface area contributed by atoms with Crippen LogP contribution in [0.1, 0.15) is 18.2 Å². The molecule has 0 N–H and O–H groups in total. The van der Waals surface area contributed by atoms with E-state index in [4.69, 9.17) is 0 Å². The molecule has 0 amide bonds. The lowest BCUT2D eigenvalue weighted by molar-refractivity contribution is 0.338. The second kappa shape index (κ2) is 8.04. The van der Waals surface area contributed by atoms with Crippen molar-refractivity contribution in [3.63, 3.8) is 0 Å². The molecule has 4 nitrogen and oxygen atoms in total. The van der Waals surface area contributed by atoms with E-state index in [2.05, 4.69) is 21.3 Å². The van der Waals surface area contributed by atoms with Crippen LogP contribution in [0.4, 0.5) is 0 Å². The van der Waals surface area contributed by atoms with Crippen LogP contribution < -0.4 is 0 Å². The van der Waals surface area contributed by atoms with Gasteiger partial charge in [0.25, 0.3) is 10.1 Å². The lowest BCUT2D eigenvalue weighted by Crippen LogP contribution is -2.05. The zero-order chi connectivity index (χ0) is 17.6. The lowest BCUT2D eigenvalue weighted by atomic mass is 10.2. The van der Waals surface area contributed by atoms with E-state index in [1.807, 2.05) is 38.1 Å². The highest BCUT2D eigenvalue weighted by Crippen LogP contribution is 2.12. The summed E-state index contributed by atoms with van der Waals surface area (Å²) < 4.78 is 27.3. The van der Waals surface area contributed by atoms with Crippen molar-refractivity contribution in [2.24, 2.45) is 0 Å². The number of fused-ring (bicyclic) bond motifs is 1. The number of aromatic nitrogens is 1. The van der Waals surface area contributed by atoms with Gasteiger partial charge in [-0.1, -0.05) is 42.0 Å². The van der Waals surface area contributed by atoms with Gasteiger partial charge < -0.3 is 0 Å². The van der Waals surface area contributed by atoms with Crippen LogP contribution in [-0.2, 0) is 14.3 Å². The number of aryl methyl sites for hydroxylation is 2. The largest absolute Gasteiger partial charge is 0.296 e. The first-order chi connectivity index (χ1) is 11.4. The standard InChI is InChI=1S/C10H9N.C9H12O3S/c1-8-6-7-9-4-2-3-5-10(9)11-8;1-3-12-13(10,11)9-6-4-8(2)5-7-9/h2-7H,1H3;4-7H,3H2,1-2H3. The molecule has 0 atom stereocenters. The number of nitrogens with zero attached hydrogens (tertiary/aromatic N) is 1. The Morgan fingerprint density at radius 2 is 1.58 bits per heavy atom. The summed E-state index contributed by atoms with van der Waals surface area (Å²) in [6.45, 7) is 5.71. The van der Waals surface area contributed by atoms with E-state index in [9.17, 15) is 8.42 Å². The molecule has 1 heterocycles. The first-order valence-corrected chi connectivity index (χ1v) is 9.11. The van der Waals surface area contributed by atoms with Crippen LogP contribution in [0.3, 0.4) is 0 Å². The minimum atomic E-state index is -3.53. The van der Waals surface area contributed by atoms with E-state index in [0.29, 0.717) is 0 Å². The van der Waals surface area contributed by atoms with Gasteiger partial charge in [0, 0.05) is 11.1 Å². The molecule has 0 aliphatic rings. The van der Waals surface area contributed by atoms with E-state index in [-0.39, 0.29) is 11.5 Å². The molecular formula is C19H21NO3S. The molecule has 0 saturated carbocycles. The maximum atomic E-state index is 11.3. The zero-order valence-corrected chi connectivity index (χ0v) is 14.9. The van der Waals surface area contributed by atoms with Crippen molar-refractivity contribution < 1.29 is 12.6 Å². The average Bonchev–Trinajstić information content (AvgIpc) is 2.55. The van der Waals surface area contributed by atoms with E-state index in [1.165, 1.54) is 5.39 Å². The first-order valence-electron chi connectivity index (χ1n) is 7.71. The summed E-state index contributed by atoms with van der Waals surface area (Å²) in [7, 11) is -3.53. The van der Waals surface area contributed by atoms with E-state index < -0.39 is 10.1 Å². The fraction of sp³-hybridized carbons (Fsp3) is 0.211. The summed E-state index contributed by atoms with van der Waals surface area (Å²) in [5, 5.41) is 1.21. The predicted molar refractivity (Wildman–Crippen MR) is 96.5 cm³/mol. The van der Waals surface area contributed by atoms with Crippen LogP contribution in [0.25, 0.3) is 10.9 Å². The van der Waals surface area contributed by atoms with E-state index in [1.54, 1.807) is 31.2 Å². The molecule has 0 aliphatic heterocycles. The van der Waals surface area contributed by atoms with Gasteiger partial charge in [-0.2, -0.15) is 8.42 Å². The third-order valence-corrected chi connectivity index (χ3v) is 4.72. The Balaban J connectivity index is 0.000000175. The Labute approximate surface area is 143 Å². The number of rotatable bonds is 3. The molecule has 0 fully saturated rings. The van der Waals surface area contributed by atoms with Crippen molar-refractivity contribution >= 4 is 21.0 Å². The van der Waals surface area contributed by atoms with Gasteiger partial charge in [-0.25, -0.2) is 0 Å². The molecule has 0 radical (unpaired) electrons. The molecule has 126 valence electrons. The third kappa shape index (κ3) is 4.88. The molecule has 5 heteroatoms. The van der Waals surface area contributed by atoms with Crippen molar-refractivity contribution in [1.82, 2.24) is 4.98 Å². The molecule has 2 aromatic carbocycles. The molecule has 3 aromatic rings. The quantitative estimate of drug-likeness (QED) is 0.667. The monoisotopic (exact) mass is 343 g/mol. The van der Waals surface area contributed by atoms with Gasteiger partial charge in [0.1, 0.15) is 0 Å². The van der Waals surface area contributed by atoms with Crippen molar-refractivity contribution in [2.45, 2.75) is 25.7 Å². The Morgan fingerprint density at radius 3 is 2.25 bits per heavy atom. The van der Waals surface area contributed by atoms with Crippen LogP contribution >= 0.6 is 0 Å². The topological polar surface area (TPSA) is 56.3 Å². The molecule has 0 bridgehead atoms. The Hall–Kier alpha value is -2.24. The van der Waals surface area contributed by atoms with Crippen LogP contribution in [0.2, 0.25) is 0 Å². The second-order valence-electron chi connectivity index (χ2n) is 5.32. The highest BCUT2D eigenvalue weighted by Gasteiger charge is 2.12. The van der Waals surface area contributed by atoms with Crippen molar-refractivity contribution in [2.75, 3.05) is 6.61 Å². The number of hydrogen-bond acceptors (Lipinski definition) is 4. The van der Waals surface area contributed by atoms with Gasteiger partial charge >= 0.3 is 0 Å². The zero-order valence-electron chi connectivity index (χ0n) is 14.1. The number of benzene rings is 2. The molecule has 0 unspecified atom stereocenters. The summed E-state index contributed by atoms with van der Waals surface area (Å²) in [5.41, 5.74) is 3.17. The molecule has 0 saturated heterocycles. The maximum absolute atomic E-state index is 11.3. The van der Waals surface area contributed by atoms with E-state index >= 15 is 0 Å². The van der Waals surface area contributed by atoms with Gasteiger partial charge in [0.15, 0.2) is 0 Å². The summed E-state index contributed by atoms with van der Waals surface area (Å²) in [4.78, 5) is 4.58. The summed E-state index contributed by atoms with van der Waals surface area (Å²) >= 11 is 0. The molecule has 0 aliphatic carbocycles. The van der Waals surface area contributed by atoms with Crippen molar-refractivity contribution in [3.05, 3.63) is 71.9 Å². The van der Waals surface area contributed by atoms with Crippen LogP contribution in [0.15, 0.2) is 65.6 Å². The van der Waals surface area contributed by atoms with Gasteiger partial charge in [0.2, 0.25) is 0 Å². The number of hydrogen-bond donors (Lipinski definition) is 0. The number of para-hydroxylation sites is 1. The first kappa shape index (κ1) is 18.1. The third-order valence-electron chi connectivity index (χ3n) is 3.32. The minimum Gasteiger partial charge on any atom is -0.267 e. The molecule has 3 rings (SSSR count). The SMILES string of the molecule is CCOS(=O)(=O)c1ccc(C)cc1.Cc1ccc2ccccc2n1. The Kier molecular flexibility index (Phi) is 6.06. The second-order valence-corrected chi connectivity index (χ2v) is 6.93. The predicted octanol–water partition coefficient (Wildman–Crippen LogP) is 4.26. The maximum Gasteiger partial charge on any atom is 0.296 e. The summed E-state index contributed by atoms with van der Waals surface area (Å²) in [6.07, 6.45) is 0. The minimum absolute atomic E-state index is 0.163. The van der Waals surface area contributed by atoms with Gasteiger partial charge in [-0.15, -0.1) is 0 Å². The lowest BCUT2D eigenvalue weighted by Gasteiger charge is -2.02. The van der Waals surface area contributed by atoms with Crippen LogP contribution in [-0.4, -0.2) is 20.0 Å². The van der Waals surface area contributed by atoms with Gasteiger partial charge in [-0.05, 0) is 45.0 Å². The molecule has 24 heavy (non-hydrogen) atoms. The average molecular weight is 343 g/mol. The van der Waals surface area contributed by atoms with E-state index in [0.717, 1.165) is 16.8 Å². The Bertz CT molecular complexity index is 903. The Morgan fingerprint density at radius 1 is 0.917 bits per heavy atom. The highest BCUT2D eigenvalue weighted by atomic mass is 32.2. The fourth-order valence-corrected chi connectivity index (χ4v) is 3.01. The molecule has 0 spiro atoms. The fourth-order valence-electron chi connectivity index (χ4n) is 2.10. The van der Waals surface area contributed by atoms with Crippen LogP contribution in [0, 0.1) is 13.8 Å². The molecular weight excluding hydrogens is 322 g/mol. The normalized spacial score (nSPS) is 11.0. The molecule has 1 aromatic heterocycles. The number of pyridine rings is 1. The van der Waals surface area contributed by atoms with Crippen LogP contribution in [0.5, 0.6) is 0 Å². The van der Waals surface area contributed by atoms with Gasteiger partial charge in [0.05, 0.1) is 17.0 Å². The summed E-state index contributed by atoms with van der Waals surface area (Å²) in [5.74, 6) is 0. The summed E-state index contributed by atoms with van der Waals surface area (Å²) in [6, 6.07) is 18.8. The van der Waals surface area contributed by atoms with Gasteiger partial charge in [-0.3, -0.25) is 9.17 Å². The van der Waals surface area contributed by atoms with Crippen molar-refractivity contribution in [3.8, 4) is 0 Å². The highest BCUT2D eigenvalue weighted by molar-refractivity contribution is 7.86. The van der Waals surface area contributed by atoms with Crippen molar-refractivity contribution in [1.29, 1.82) is 0 Å².